The fourth-order valence-corrected chi connectivity index (χ4v) is 4.06. The lowest BCUT2D eigenvalue weighted by atomic mass is 9.95. The first-order chi connectivity index (χ1) is 14.2. The maximum Gasteiger partial charge on any atom is 0.253 e. The summed E-state index contributed by atoms with van der Waals surface area (Å²) in [6, 6.07) is 9.11. The molecule has 2 fully saturated rings. The Morgan fingerprint density at radius 2 is 1.59 bits per heavy atom. The standard InChI is InChI=1S/C22H27N5O2/c28-20(25-19-8-2-1-3-9-19)17-6-4-7-18(16-17)21(29)26-12-14-27(15-13-26)22-23-10-5-11-24-22/h4-7,10-11,16,19H,1-3,8-9,12-15H2,(H,25,28). The first kappa shape index (κ1) is 19.4. The highest BCUT2D eigenvalue weighted by Gasteiger charge is 2.24. The normalized spacial score (nSPS) is 17.8. The third-order valence-electron chi connectivity index (χ3n) is 5.71. The molecule has 2 heterocycles. The molecule has 7 heteroatoms. The first-order valence-electron chi connectivity index (χ1n) is 10.4. The van der Waals surface area contributed by atoms with Crippen LogP contribution >= 0.6 is 0 Å². The molecule has 1 saturated carbocycles. The topological polar surface area (TPSA) is 78.4 Å². The summed E-state index contributed by atoms with van der Waals surface area (Å²) in [5.74, 6) is 0.574. The molecule has 1 aromatic heterocycles. The number of nitrogens with one attached hydrogen (secondary N) is 1. The molecule has 2 aliphatic rings. The number of carbonyl (C=O) groups is 2. The molecule has 1 aliphatic heterocycles. The van der Waals surface area contributed by atoms with E-state index in [0.717, 1.165) is 12.8 Å². The third-order valence-corrected chi connectivity index (χ3v) is 5.71. The third kappa shape index (κ3) is 4.72. The number of aromatic nitrogens is 2. The number of amides is 2. The molecule has 29 heavy (non-hydrogen) atoms. The highest BCUT2D eigenvalue weighted by Crippen LogP contribution is 2.18. The number of rotatable bonds is 4. The molecule has 0 radical (unpaired) electrons. The Hall–Kier alpha value is -2.96. The first-order valence-corrected chi connectivity index (χ1v) is 10.4. The molecule has 152 valence electrons. The summed E-state index contributed by atoms with van der Waals surface area (Å²) in [6.45, 7) is 2.60. The molecule has 1 saturated heterocycles. The zero-order chi connectivity index (χ0) is 20.1. The number of piperazine rings is 1. The lowest BCUT2D eigenvalue weighted by molar-refractivity contribution is 0.0746. The van der Waals surface area contributed by atoms with E-state index in [-0.39, 0.29) is 17.9 Å². The van der Waals surface area contributed by atoms with E-state index in [0.29, 0.717) is 43.3 Å². The zero-order valence-electron chi connectivity index (χ0n) is 16.6. The number of benzene rings is 1. The largest absolute Gasteiger partial charge is 0.349 e. The van der Waals surface area contributed by atoms with Crippen molar-refractivity contribution in [2.24, 2.45) is 0 Å². The summed E-state index contributed by atoms with van der Waals surface area (Å²) in [5.41, 5.74) is 1.11. The minimum atomic E-state index is -0.0856. The second-order valence-electron chi connectivity index (χ2n) is 7.72. The minimum absolute atomic E-state index is 0.0362. The molecule has 1 aromatic carbocycles. The van der Waals surface area contributed by atoms with Crippen LogP contribution in [-0.2, 0) is 0 Å². The molecule has 0 atom stereocenters. The Bertz CT molecular complexity index is 843. The monoisotopic (exact) mass is 393 g/mol. The van der Waals surface area contributed by atoms with Crippen LogP contribution in [0.5, 0.6) is 0 Å². The Morgan fingerprint density at radius 3 is 2.31 bits per heavy atom. The van der Waals surface area contributed by atoms with Crippen LogP contribution in [0.4, 0.5) is 5.95 Å². The number of hydrogen-bond acceptors (Lipinski definition) is 5. The van der Waals surface area contributed by atoms with E-state index in [1.807, 2.05) is 4.90 Å². The van der Waals surface area contributed by atoms with Crippen LogP contribution in [0.1, 0.15) is 52.8 Å². The van der Waals surface area contributed by atoms with Crippen LogP contribution < -0.4 is 10.2 Å². The van der Waals surface area contributed by atoms with Crippen molar-refractivity contribution in [3.05, 3.63) is 53.9 Å². The Labute approximate surface area is 171 Å². The molecular formula is C22H27N5O2. The zero-order valence-corrected chi connectivity index (χ0v) is 16.6. The number of anilines is 1. The van der Waals surface area contributed by atoms with Crippen LogP contribution in [0, 0.1) is 0 Å². The van der Waals surface area contributed by atoms with Crippen LogP contribution in [0.2, 0.25) is 0 Å². The van der Waals surface area contributed by atoms with E-state index < -0.39 is 0 Å². The van der Waals surface area contributed by atoms with Crippen molar-refractivity contribution < 1.29 is 9.59 Å². The van der Waals surface area contributed by atoms with Gasteiger partial charge in [0, 0.05) is 55.7 Å². The number of carbonyl (C=O) groups excluding carboxylic acids is 2. The van der Waals surface area contributed by atoms with Crippen LogP contribution in [0.25, 0.3) is 0 Å². The maximum absolute atomic E-state index is 13.0. The number of hydrogen-bond donors (Lipinski definition) is 1. The van der Waals surface area contributed by atoms with Gasteiger partial charge in [0.1, 0.15) is 0 Å². The van der Waals surface area contributed by atoms with Gasteiger partial charge in [0.15, 0.2) is 0 Å². The van der Waals surface area contributed by atoms with E-state index in [9.17, 15) is 9.59 Å². The Kier molecular flexibility index (Phi) is 6.03. The molecule has 7 nitrogen and oxygen atoms in total. The lowest BCUT2D eigenvalue weighted by Crippen LogP contribution is -2.49. The van der Waals surface area contributed by atoms with Gasteiger partial charge in [0.25, 0.3) is 11.8 Å². The van der Waals surface area contributed by atoms with Gasteiger partial charge in [-0.3, -0.25) is 9.59 Å². The molecule has 2 amide bonds. The molecule has 1 aliphatic carbocycles. The van der Waals surface area contributed by atoms with Crippen molar-refractivity contribution in [1.29, 1.82) is 0 Å². The molecular weight excluding hydrogens is 366 g/mol. The van der Waals surface area contributed by atoms with Crippen LogP contribution in [0.15, 0.2) is 42.7 Å². The molecule has 4 rings (SSSR count). The average molecular weight is 393 g/mol. The summed E-state index contributed by atoms with van der Waals surface area (Å²) in [7, 11) is 0. The predicted molar refractivity (Wildman–Crippen MR) is 111 cm³/mol. The lowest BCUT2D eigenvalue weighted by Gasteiger charge is -2.34. The average Bonchev–Trinajstić information content (AvgIpc) is 2.80. The fourth-order valence-electron chi connectivity index (χ4n) is 4.06. The van der Waals surface area contributed by atoms with E-state index >= 15 is 0 Å². The molecule has 0 bridgehead atoms. The molecule has 1 N–H and O–H groups in total. The van der Waals surface area contributed by atoms with Crippen molar-refractivity contribution in [1.82, 2.24) is 20.2 Å². The summed E-state index contributed by atoms with van der Waals surface area (Å²) in [5, 5.41) is 3.12. The van der Waals surface area contributed by atoms with Crippen molar-refractivity contribution in [2.75, 3.05) is 31.1 Å². The van der Waals surface area contributed by atoms with Gasteiger partial charge in [-0.1, -0.05) is 25.3 Å². The van der Waals surface area contributed by atoms with Crippen molar-refractivity contribution >= 4 is 17.8 Å². The van der Waals surface area contributed by atoms with Crippen molar-refractivity contribution in [3.8, 4) is 0 Å². The Morgan fingerprint density at radius 1 is 0.897 bits per heavy atom. The van der Waals surface area contributed by atoms with Crippen LogP contribution in [0.3, 0.4) is 0 Å². The Balaban J connectivity index is 1.36. The van der Waals surface area contributed by atoms with Gasteiger partial charge < -0.3 is 15.1 Å². The number of nitrogens with zero attached hydrogens (tertiary/aromatic N) is 4. The van der Waals surface area contributed by atoms with E-state index in [1.165, 1.54) is 19.3 Å². The van der Waals surface area contributed by atoms with E-state index in [2.05, 4.69) is 20.2 Å². The van der Waals surface area contributed by atoms with Crippen molar-refractivity contribution in [3.63, 3.8) is 0 Å². The molecule has 2 aromatic rings. The summed E-state index contributed by atoms with van der Waals surface area (Å²) >= 11 is 0. The highest BCUT2D eigenvalue weighted by molar-refractivity contribution is 5.99. The predicted octanol–water partition coefficient (Wildman–Crippen LogP) is 2.50. The van der Waals surface area contributed by atoms with Gasteiger partial charge in [0.2, 0.25) is 5.95 Å². The summed E-state index contributed by atoms with van der Waals surface area (Å²) < 4.78 is 0. The van der Waals surface area contributed by atoms with Gasteiger partial charge in [-0.15, -0.1) is 0 Å². The van der Waals surface area contributed by atoms with Gasteiger partial charge in [-0.25, -0.2) is 9.97 Å². The fraction of sp³-hybridized carbons (Fsp3) is 0.455. The second-order valence-corrected chi connectivity index (χ2v) is 7.72. The van der Waals surface area contributed by atoms with Gasteiger partial charge in [0.05, 0.1) is 0 Å². The SMILES string of the molecule is O=C(NC1CCCCC1)c1cccc(C(=O)N2CCN(c3ncccn3)CC2)c1. The van der Waals surface area contributed by atoms with Gasteiger partial charge in [-0.05, 0) is 37.1 Å². The smallest absolute Gasteiger partial charge is 0.253 e. The van der Waals surface area contributed by atoms with E-state index in [1.54, 1.807) is 42.7 Å². The summed E-state index contributed by atoms with van der Waals surface area (Å²) in [4.78, 5) is 38.0. The van der Waals surface area contributed by atoms with Crippen molar-refractivity contribution in [2.45, 2.75) is 38.1 Å². The second kappa shape index (κ2) is 9.03. The van der Waals surface area contributed by atoms with E-state index in [4.69, 9.17) is 0 Å². The van der Waals surface area contributed by atoms with Gasteiger partial charge >= 0.3 is 0 Å². The minimum Gasteiger partial charge on any atom is -0.349 e. The molecule has 0 spiro atoms. The quantitative estimate of drug-likeness (QED) is 0.864. The summed E-state index contributed by atoms with van der Waals surface area (Å²) in [6.07, 6.45) is 9.12. The van der Waals surface area contributed by atoms with Crippen LogP contribution in [-0.4, -0.2) is 58.9 Å². The van der Waals surface area contributed by atoms with Gasteiger partial charge in [-0.2, -0.15) is 0 Å². The highest BCUT2D eigenvalue weighted by atomic mass is 16.2. The molecule has 0 unspecified atom stereocenters. The maximum atomic E-state index is 13.0.